The lowest BCUT2D eigenvalue weighted by molar-refractivity contribution is -0.113. The molecule has 1 atom stereocenters. The van der Waals surface area contributed by atoms with Gasteiger partial charge in [0, 0.05) is 22.2 Å². The zero-order chi connectivity index (χ0) is 29.6. The number of benzene rings is 3. The first-order valence-electron chi connectivity index (χ1n) is 14.0. The zero-order valence-corrected chi connectivity index (χ0v) is 25.7. The highest BCUT2D eigenvalue weighted by atomic mass is 35.5. The van der Waals surface area contributed by atoms with Crippen LogP contribution in [0, 0.1) is 6.92 Å². The average Bonchev–Trinajstić information content (AvgIpc) is 3.39. The number of carbonyl (C=O) groups is 1. The number of rotatable bonds is 11. The van der Waals surface area contributed by atoms with Crippen LogP contribution < -0.4 is 20.1 Å². The molecule has 8 nitrogen and oxygen atoms in total. The number of allylic oxidation sites excluding steroid dienone is 1. The minimum atomic E-state index is -0.543. The van der Waals surface area contributed by atoms with Gasteiger partial charge in [0.25, 0.3) is 5.91 Å². The molecule has 0 bridgehead atoms. The monoisotopic (exact) mass is 603 g/mol. The molecule has 0 saturated heterocycles. The van der Waals surface area contributed by atoms with Crippen LogP contribution in [0.2, 0.25) is 5.02 Å². The van der Waals surface area contributed by atoms with Gasteiger partial charge in [0.05, 0.1) is 12.2 Å². The number of thioether (sulfide) groups is 1. The normalized spacial score (nSPS) is 14.3. The Labute approximate surface area is 255 Å². The standard InChI is InChI=1S/C32H34ClN5O3S/c1-5-17-42-32-36-31-34-21(4)28(30(39)35-25-10-8-7-9-20(25)3)29(38(31)37-32)23-13-16-26(27(18-23)40-6-2)41-19-22-11-14-24(33)15-12-22/h7-16,18,29H,5-6,17,19H2,1-4H3,(H,35,39)(H,34,36,37). The summed E-state index contributed by atoms with van der Waals surface area (Å²) in [4.78, 5) is 18.6. The van der Waals surface area contributed by atoms with E-state index in [4.69, 9.17) is 31.2 Å². The molecule has 42 heavy (non-hydrogen) atoms. The van der Waals surface area contributed by atoms with Crippen molar-refractivity contribution in [1.29, 1.82) is 0 Å². The summed E-state index contributed by atoms with van der Waals surface area (Å²) in [5.74, 6) is 2.46. The third kappa shape index (κ3) is 6.58. The molecule has 0 saturated carbocycles. The van der Waals surface area contributed by atoms with E-state index in [1.165, 1.54) is 0 Å². The summed E-state index contributed by atoms with van der Waals surface area (Å²) >= 11 is 7.63. The molecule has 1 unspecified atom stereocenters. The molecule has 1 aliphatic rings. The third-order valence-corrected chi connectivity index (χ3v) is 8.09. The number of aromatic nitrogens is 3. The summed E-state index contributed by atoms with van der Waals surface area (Å²) in [6.07, 6.45) is 1.00. The summed E-state index contributed by atoms with van der Waals surface area (Å²) < 4.78 is 14.0. The number of anilines is 2. The van der Waals surface area contributed by atoms with Crippen molar-refractivity contribution in [3.8, 4) is 11.5 Å². The molecule has 1 amide bonds. The van der Waals surface area contributed by atoms with Crippen LogP contribution in [0.3, 0.4) is 0 Å². The van der Waals surface area contributed by atoms with Gasteiger partial charge in [-0.25, -0.2) is 4.68 Å². The molecule has 4 aromatic rings. The Balaban J connectivity index is 1.53. The Kier molecular flexibility index (Phi) is 9.39. The first-order chi connectivity index (χ1) is 20.4. The van der Waals surface area contributed by atoms with Crippen LogP contribution in [0.25, 0.3) is 0 Å². The topological polar surface area (TPSA) is 90.3 Å². The maximum atomic E-state index is 13.9. The van der Waals surface area contributed by atoms with Gasteiger partial charge in [-0.05, 0) is 74.2 Å². The van der Waals surface area contributed by atoms with E-state index in [2.05, 4.69) is 17.6 Å². The molecular weight excluding hydrogens is 570 g/mol. The summed E-state index contributed by atoms with van der Waals surface area (Å²) in [6.45, 7) is 8.72. The van der Waals surface area contributed by atoms with Crippen molar-refractivity contribution in [3.05, 3.63) is 99.7 Å². The van der Waals surface area contributed by atoms with Crippen LogP contribution in [0.1, 0.15) is 49.9 Å². The molecule has 218 valence electrons. The molecule has 0 aliphatic carbocycles. The van der Waals surface area contributed by atoms with E-state index in [-0.39, 0.29) is 5.91 Å². The van der Waals surface area contributed by atoms with Crippen LogP contribution in [-0.2, 0) is 11.4 Å². The van der Waals surface area contributed by atoms with Crippen molar-refractivity contribution in [2.75, 3.05) is 23.0 Å². The molecule has 0 radical (unpaired) electrons. The minimum Gasteiger partial charge on any atom is -0.490 e. The lowest BCUT2D eigenvalue weighted by Crippen LogP contribution is -2.31. The second-order valence-electron chi connectivity index (χ2n) is 9.90. The van der Waals surface area contributed by atoms with Crippen LogP contribution in [0.15, 0.2) is 83.2 Å². The highest BCUT2D eigenvalue weighted by Gasteiger charge is 2.35. The molecular formula is C32H34ClN5O3S. The largest absolute Gasteiger partial charge is 0.490 e. The summed E-state index contributed by atoms with van der Waals surface area (Å²) in [7, 11) is 0. The first kappa shape index (κ1) is 29.5. The van der Waals surface area contributed by atoms with E-state index in [1.54, 1.807) is 16.4 Å². The van der Waals surface area contributed by atoms with Crippen LogP contribution >= 0.6 is 23.4 Å². The predicted molar refractivity (Wildman–Crippen MR) is 169 cm³/mol. The van der Waals surface area contributed by atoms with Gasteiger partial charge in [-0.3, -0.25) is 4.79 Å². The second kappa shape index (κ2) is 13.4. The Morgan fingerprint density at radius 1 is 1.05 bits per heavy atom. The smallest absolute Gasteiger partial charge is 0.255 e. The van der Waals surface area contributed by atoms with Crippen molar-refractivity contribution in [2.45, 2.75) is 51.9 Å². The number of hydrogen-bond acceptors (Lipinski definition) is 7. The first-order valence-corrected chi connectivity index (χ1v) is 15.3. The number of amides is 1. The quantitative estimate of drug-likeness (QED) is 0.170. The maximum Gasteiger partial charge on any atom is 0.255 e. The van der Waals surface area contributed by atoms with Crippen molar-refractivity contribution < 1.29 is 14.3 Å². The SMILES string of the molecule is CCCSc1nc2n(n1)C(c1ccc(OCc3ccc(Cl)cc3)c(OCC)c1)C(C(=O)Nc1ccccc1C)=C(C)N2. The number of ether oxygens (including phenoxy) is 2. The van der Waals surface area contributed by atoms with Gasteiger partial charge in [0.2, 0.25) is 11.1 Å². The number of hydrogen-bond donors (Lipinski definition) is 2. The maximum absolute atomic E-state index is 13.9. The molecule has 0 spiro atoms. The summed E-state index contributed by atoms with van der Waals surface area (Å²) in [5, 5.41) is 12.6. The number of nitrogens with one attached hydrogen (secondary N) is 2. The molecule has 0 fully saturated rings. The van der Waals surface area contributed by atoms with E-state index in [0.717, 1.165) is 34.6 Å². The van der Waals surface area contributed by atoms with Crippen molar-refractivity contribution in [2.24, 2.45) is 0 Å². The van der Waals surface area contributed by atoms with E-state index < -0.39 is 6.04 Å². The molecule has 2 N–H and O–H groups in total. The van der Waals surface area contributed by atoms with E-state index in [9.17, 15) is 4.79 Å². The highest BCUT2D eigenvalue weighted by Crippen LogP contribution is 2.40. The van der Waals surface area contributed by atoms with Gasteiger partial charge >= 0.3 is 0 Å². The van der Waals surface area contributed by atoms with E-state index >= 15 is 0 Å². The van der Waals surface area contributed by atoms with Gasteiger partial charge in [-0.15, -0.1) is 5.10 Å². The van der Waals surface area contributed by atoms with E-state index in [1.807, 2.05) is 87.5 Å². The van der Waals surface area contributed by atoms with Gasteiger partial charge < -0.3 is 20.1 Å². The lowest BCUT2D eigenvalue weighted by atomic mass is 9.94. The predicted octanol–water partition coefficient (Wildman–Crippen LogP) is 7.65. The van der Waals surface area contributed by atoms with Gasteiger partial charge in [-0.2, -0.15) is 4.98 Å². The van der Waals surface area contributed by atoms with Crippen molar-refractivity contribution in [1.82, 2.24) is 14.8 Å². The highest BCUT2D eigenvalue weighted by molar-refractivity contribution is 7.99. The van der Waals surface area contributed by atoms with Gasteiger partial charge in [0.15, 0.2) is 11.5 Å². The van der Waals surface area contributed by atoms with Crippen LogP contribution in [0.4, 0.5) is 11.6 Å². The number of para-hydroxylation sites is 1. The summed E-state index contributed by atoms with van der Waals surface area (Å²) in [5.41, 5.74) is 4.80. The van der Waals surface area contributed by atoms with Gasteiger partial charge in [0.1, 0.15) is 12.6 Å². The third-order valence-electron chi connectivity index (χ3n) is 6.80. The molecule has 1 aliphatic heterocycles. The zero-order valence-electron chi connectivity index (χ0n) is 24.1. The van der Waals surface area contributed by atoms with Crippen LogP contribution in [0.5, 0.6) is 11.5 Å². The molecule has 10 heteroatoms. The van der Waals surface area contributed by atoms with Crippen molar-refractivity contribution in [3.63, 3.8) is 0 Å². The Morgan fingerprint density at radius 2 is 1.83 bits per heavy atom. The molecule has 1 aromatic heterocycles. The number of aryl methyl sites for hydroxylation is 1. The fourth-order valence-corrected chi connectivity index (χ4v) is 5.52. The number of halogens is 1. The number of carbonyl (C=O) groups excluding carboxylic acids is 1. The average molecular weight is 604 g/mol. The van der Waals surface area contributed by atoms with E-state index in [0.29, 0.717) is 52.1 Å². The summed E-state index contributed by atoms with van der Waals surface area (Å²) in [6, 6.07) is 20.5. The Hall–Kier alpha value is -3.95. The van der Waals surface area contributed by atoms with Crippen LogP contribution in [-0.4, -0.2) is 33.0 Å². The molecule has 2 heterocycles. The minimum absolute atomic E-state index is 0.218. The Morgan fingerprint density at radius 3 is 2.57 bits per heavy atom. The lowest BCUT2D eigenvalue weighted by Gasteiger charge is -2.29. The fraction of sp³-hybridized carbons (Fsp3) is 0.281. The number of fused-ring (bicyclic) bond motifs is 1. The fourth-order valence-electron chi connectivity index (χ4n) is 4.71. The van der Waals surface area contributed by atoms with Crippen molar-refractivity contribution >= 4 is 40.9 Å². The number of nitrogens with zero attached hydrogens (tertiary/aromatic N) is 3. The second-order valence-corrected chi connectivity index (χ2v) is 11.4. The molecule has 5 rings (SSSR count). The molecule has 3 aromatic carbocycles. The Bertz CT molecular complexity index is 1600. The van der Waals surface area contributed by atoms with Gasteiger partial charge in [-0.1, -0.05) is 66.7 Å².